The fourth-order valence-corrected chi connectivity index (χ4v) is 3.87. The van der Waals surface area contributed by atoms with Gasteiger partial charge in [0.1, 0.15) is 18.1 Å². The van der Waals surface area contributed by atoms with Gasteiger partial charge in [0.25, 0.3) is 5.91 Å². The number of hydrogen-bond donors (Lipinski definition) is 1. The van der Waals surface area contributed by atoms with E-state index in [0.29, 0.717) is 17.1 Å². The van der Waals surface area contributed by atoms with Crippen LogP contribution in [0.2, 0.25) is 0 Å². The summed E-state index contributed by atoms with van der Waals surface area (Å²) < 4.78 is 20.6. The summed E-state index contributed by atoms with van der Waals surface area (Å²) in [4.78, 5) is 35.1. The van der Waals surface area contributed by atoms with Gasteiger partial charge in [0.05, 0.1) is 25.3 Å². The first-order valence-electron chi connectivity index (χ1n) is 10.2. The second kappa shape index (κ2) is 10.7. The number of carbonyl (C=O) groups excluding carboxylic acids is 3. The lowest BCUT2D eigenvalue weighted by Gasteiger charge is -2.10. The minimum atomic E-state index is -0.639. The largest absolute Gasteiger partial charge is 0.485 e. The van der Waals surface area contributed by atoms with Gasteiger partial charge in [-0.05, 0) is 40.7 Å². The third-order valence-electron chi connectivity index (χ3n) is 4.79. The Morgan fingerprint density at radius 1 is 1.09 bits per heavy atom. The maximum atomic E-state index is 12.0. The number of fused-ring (bicyclic) bond motifs is 1. The van der Waals surface area contributed by atoms with E-state index in [-0.39, 0.29) is 22.4 Å². The zero-order valence-corrected chi connectivity index (χ0v) is 19.5. The van der Waals surface area contributed by atoms with E-state index in [2.05, 4.69) is 25.0 Å². The Labute approximate surface area is 203 Å². The first kappa shape index (κ1) is 23.8. The normalized spacial score (nSPS) is 15.7. The highest BCUT2D eigenvalue weighted by molar-refractivity contribution is 8.18. The van der Waals surface area contributed by atoms with Gasteiger partial charge >= 0.3 is 11.9 Å². The van der Waals surface area contributed by atoms with E-state index >= 15 is 0 Å². The zero-order valence-electron chi connectivity index (χ0n) is 18.6. The molecular weight excluding hydrogens is 474 g/mol. The van der Waals surface area contributed by atoms with Gasteiger partial charge in [0.15, 0.2) is 5.17 Å². The molecule has 1 amide bonds. The minimum absolute atomic E-state index is 0.0677. The molecule has 0 unspecified atom stereocenters. The highest BCUT2D eigenvalue weighted by Crippen LogP contribution is 2.28. The summed E-state index contributed by atoms with van der Waals surface area (Å²) in [5.41, 5.74) is 0.659. The number of carbonyl (C=O) groups is 3. The van der Waals surface area contributed by atoms with Crippen LogP contribution in [0.5, 0.6) is 5.75 Å². The lowest BCUT2D eigenvalue weighted by Crippen LogP contribution is -2.19. The number of nitrogens with zero attached hydrogens (tertiary/aromatic N) is 2. The topological polar surface area (TPSA) is 129 Å². The number of hydrogen-bond acceptors (Lipinski definition) is 10. The Balaban J connectivity index is 1.57. The monoisotopic (exact) mass is 493 g/mol. The molecule has 0 spiro atoms. The summed E-state index contributed by atoms with van der Waals surface area (Å²) in [5.74, 6) is -0.641. The van der Waals surface area contributed by atoms with Crippen LogP contribution in [0.25, 0.3) is 10.8 Å². The predicted molar refractivity (Wildman–Crippen MR) is 129 cm³/mol. The number of amidine groups is 1. The highest BCUT2D eigenvalue weighted by atomic mass is 32.2. The molecule has 3 aromatic rings. The second-order valence-electron chi connectivity index (χ2n) is 6.98. The van der Waals surface area contributed by atoms with Crippen LogP contribution < -0.4 is 10.1 Å². The summed E-state index contributed by atoms with van der Waals surface area (Å²) in [7, 11) is 2.50. The van der Waals surface area contributed by atoms with Crippen LogP contribution in [0.4, 0.5) is 0 Å². The molecule has 1 aliphatic rings. The maximum absolute atomic E-state index is 12.0. The Morgan fingerprint density at radius 3 is 2.71 bits per heavy atom. The van der Waals surface area contributed by atoms with Crippen molar-refractivity contribution in [1.82, 2.24) is 5.32 Å². The van der Waals surface area contributed by atoms with Crippen LogP contribution in [0.1, 0.15) is 21.9 Å². The van der Waals surface area contributed by atoms with E-state index in [9.17, 15) is 14.4 Å². The molecule has 11 heteroatoms. The van der Waals surface area contributed by atoms with Crippen molar-refractivity contribution < 1.29 is 33.0 Å². The first-order valence-corrected chi connectivity index (χ1v) is 11.0. The number of ether oxygens (including phenoxy) is 3. The van der Waals surface area contributed by atoms with Crippen molar-refractivity contribution in [2.75, 3.05) is 14.2 Å². The molecule has 1 N–H and O–H groups in total. The highest BCUT2D eigenvalue weighted by Gasteiger charge is 2.25. The summed E-state index contributed by atoms with van der Waals surface area (Å²) in [6.07, 6.45) is 2.60. The number of benzene rings is 2. The van der Waals surface area contributed by atoms with Gasteiger partial charge in [-0.15, -0.1) is 5.10 Å². The number of amides is 1. The Morgan fingerprint density at radius 2 is 1.91 bits per heavy atom. The fraction of sp³-hybridized carbons (Fsp3) is 0.125. The van der Waals surface area contributed by atoms with Gasteiger partial charge in [-0.3, -0.25) is 10.1 Å². The lowest BCUT2D eigenvalue weighted by molar-refractivity contribution is -0.135. The van der Waals surface area contributed by atoms with Gasteiger partial charge in [-0.2, -0.15) is 5.10 Å². The number of thioether (sulfide) groups is 1. The number of rotatable bonds is 7. The van der Waals surface area contributed by atoms with Crippen LogP contribution in [-0.2, 0) is 25.7 Å². The molecule has 178 valence electrons. The molecule has 10 nitrogen and oxygen atoms in total. The number of furan rings is 1. The van der Waals surface area contributed by atoms with Crippen molar-refractivity contribution in [1.29, 1.82) is 0 Å². The average Bonchev–Trinajstić information content (AvgIpc) is 3.49. The van der Waals surface area contributed by atoms with Crippen LogP contribution in [-0.4, -0.2) is 43.4 Å². The average molecular weight is 493 g/mol. The molecule has 0 radical (unpaired) electrons. The molecule has 1 saturated heterocycles. The first-order chi connectivity index (χ1) is 17.0. The molecular formula is C24H19N3O7S. The van der Waals surface area contributed by atoms with Crippen LogP contribution in [0.15, 0.2) is 74.1 Å². The standard InChI is InChI=1S/C24H19N3O7S/c1-31-21(28)11-20-22(29)26-24(35-20)27-25-12-17-16-6-4-3-5-14(16)7-9-18(17)33-13-15-8-10-19(34-15)23(30)32-2/h3-12H,13H2,1-2H3,(H,26,27,29)/b20-11+,25-12?. The third-order valence-corrected chi connectivity index (χ3v) is 5.69. The third kappa shape index (κ3) is 5.58. The van der Waals surface area contributed by atoms with Crippen LogP contribution >= 0.6 is 11.8 Å². The van der Waals surface area contributed by atoms with Crippen molar-refractivity contribution in [2.24, 2.45) is 10.2 Å². The molecule has 2 aromatic carbocycles. The fourth-order valence-electron chi connectivity index (χ4n) is 3.13. The van der Waals surface area contributed by atoms with Crippen LogP contribution in [0.3, 0.4) is 0 Å². The Hall–Kier alpha value is -4.38. The smallest absolute Gasteiger partial charge is 0.373 e. The number of nitrogens with one attached hydrogen (secondary N) is 1. The second-order valence-corrected chi connectivity index (χ2v) is 8.01. The summed E-state index contributed by atoms with van der Waals surface area (Å²) in [5, 5.41) is 12.8. The minimum Gasteiger partial charge on any atom is -0.485 e. The molecule has 1 aromatic heterocycles. The lowest BCUT2D eigenvalue weighted by atomic mass is 10.0. The molecule has 0 bridgehead atoms. The van der Waals surface area contributed by atoms with Crippen molar-refractivity contribution in [2.45, 2.75) is 6.61 Å². The van der Waals surface area contributed by atoms with E-state index < -0.39 is 17.8 Å². The Bertz CT molecular complexity index is 1390. The predicted octanol–water partition coefficient (Wildman–Crippen LogP) is 3.41. The number of esters is 2. The summed E-state index contributed by atoms with van der Waals surface area (Å²) >= 11 is 0.974. The van der Waals surface area contributed by atoms with Gasteiger partial charge in [0, 0.05) is 11.6 Å². The van der Waals surface area contributed by atoms with Crippen molar-refractivity contribution in [3.05, 3.63) is 76.6 Å². The molecule has 0 atom stereocenters. The molecule has 1 aliphatic heterocycles. The summed E-state index contributed by atoms with van der Waals surface area (Å²) in [6, 6.07) is 14.5. The van der Waals surface area contributed by atoms with E-state index in [1.165, 1.54) is 26.5 Å². The van der Waals surface area contributed by atoms with E-state index in [0.717, 1.165) is 28.6 Å². The van der Waals surface area contributed by atoms with Gasteiger partial charge in [0.2, 0.25) is 5.76 Å². The molecule has 35 heavy (non-hydrogen) atoms. The molecule has 4 rings (SSSR count). The Kier molecular flexibility index (Phi) is 7.27. The van der Waals surface area contributed by atoms with E-state index in [1.807, 2.05) is 30.3 Å². The van der Waals surface area contributed by atoms with E-state index in [1.54, 1.807) is 12.1 Å². The van der Waals surface area contributed by atoms with Gasteiger partial charge in [-0.1, -0.05) is 30.3 Å². The van der Waals surface area contributed by atoms with Gasteiger partial charge in [-0.25, -0.2) is 9.59 Å². The summed E-state index contributed by atoms with van der Waals surface area (Å²) in [6.45, 7) is 0.0677. The zero-order chi connectivity index (χ0) is 24.8. The maximum Gasteiger partial charge on any atom is 0.373 e. The molecule has 0 saturated carbocycles. The van der Waals surface area contributed by atoms with Gasteiger partial charge < -0.3 is 18.6 Å². The van der Waals surface area contributed by atoms with Crippen molar-refractivity contribution in [3.8, 4) is 5.75 Å². The number of methoxy groups -OCH3 is 2. The SMILES string of the molecule is COC(=O)/C=C1/S/C(=N\N=Cc2c(OCc3ccc(C(=O)OC)o3)ccc3ccccc23)NC1=O. The quantitative estimate of drug-likeness (QED) is 0.229. The molecule has 1 fully saturated rings. The van der Waals surface area contributed by atoms with E-state index in [4.69, 9.17) is 9.15 Å². The van der Waals surface area contributed by atoms with Crippen LogP contribution in [0, 0.1) is 0 Å². The molecule has 0 aliphatic carbocycles. The van der Waals surface area contributed by atoms with Crippen molar-refractivity contribution in [3.63, 3.8) is 0 Å². The van der Waals surface area contributed by atoms with Crippen molar-refractivity contribution >= 4 is 51.8 Å². The molecule has 2 heterocycles.